The highest BCUT2D eigenvalue weighted by Gasteiger charge is 2.14. The molecule has 0 spiro atoms. The molecule has 82 valence electrons. The van der Waals surface area contributed by atoms with Crippen molar-refractivity contribution in [2.45, 2.75) is 0 Å². The van der Waals surface area contributed by atoms with Crippen molar-refractivity contribution < 1.29 is 14.3 Å². The number of carbonyl (C=O) groups excluding carboxylic acids is 2. The van der Waals surface area contributed by atoms with Crippen molar-refractivity contribution in [3.8, 4) is 11.8 Å². The first-order valence-electron chi connectivity index (χ1n) is 4.34. The van der Waals surface area contributed by atoms with E-state index in [2.05, 4.69) is 15.9 Å². The fraction of sp³-hybridized carbons (Fsp3) is 0.182. The van der Waals surface area contributed by atoms with E-state index in [9.17, 15) is 9.59 Å². The van der Waals surface area contributed by atoms with Crippen molar-refractivity contribution in [1.29, 1.82) is 5.26 Å². The van der Waals surface area contributed by atoms with Crippen molar-refractivity contribution >= 4 is 28.0 Å². The fourth-order valence-electron chi connectivity index (χ4n) is 1.25. The summed E-state index contributed by atoms with van der Waals surface area (Å²) in [4.78, 5) is 22.2. The fourth-order valence-corrected chi connectivity index (χ4v) is 1.57. The molecule has 4 nitrogen and oxygen atoms in total. The van der Waals surface area contributed by atoms with Gasteiger partial charge in [-0.25, -0.2) is 0 Å². The molecule has 0 saturated heterocycles. The van der Waals surface area contributed by atoms with Crippen LogP contribution in [-0.4, -0.2) is 24.5 Å². The molecule has 0 heterocycles. The number of ketones is 1. The van der Waals surface area contributed by atoms with Gasteiger partial charge in [-0.1, -0.05) is 15.9 Å². The average molecular weight is 282 g/mol. The van der Waals surface area contributed by atoms with E-state index in [1.54, 1.807) is 0 Å². The maximum atomic E-state index is 11.4. The molecule has 0 bridgehead atoms. The number of halogens is 1. The lowest BCUT2D eigenvalue weighted by atomic mass is 10.0. The van der Waals surface area contributed by atoms with Crippen LogP contribution in [0.5, 0.6) is 5.75 Å². The van der Waals surface area contributed by atoms with E-state index >= 15 is 0 Å². The van der Waals surface area contributed by atoms with Crippen LogP contribution in [0.1, 0.15) is 26.3 Å². The zero-order chi connectivity index (χ0) is 12.1. The Morgan fingerprint density at radius 2 is 2.31 bits per heavy atom. The Morgan fingerprint density at radius 1 is 1.62 bits per heavy atom. The van der Waals surface area contributed by atoms with Gasteiger partial charge in [0.1, 0.15) is 17.4 Å². The highest BCUT2D eigenvalue weighted by molar-refractivity contribution is 9.09. The van der Waals surface area contributed by atoms with Gasteiger partial charge in [-0.05, 0) is 12.1 Å². The minimum Gasteiger partial charge on any atom is -0.495 e. The Labute approximate surface area is 101 Å². The molecular weight excluding hydrogens is 274 g/mol. The number of alkyl halides is 1. The van der Waals surface area contributed by atoms with Crippen LogP contribution in [0.25, 0.3) is 0 Å². The summed E-state index contributed by atoms with van der Waals surface area (Å²) in [7, 11) is 1.38. The van der Waals surface area contributed by atoms with E-state index in [0.717, 1.165) is 0 Å². The number of hydrogen-bond donors (Lipinski definition) is 0. The standard InChI is InChI=1S/C11H8BrNO3/c1-16-11-3-7(10(15)4-12)2-8(6-14)9(11)5-13/h2-3,6H,4H2,1H3. The molecule has 1 aromatic rings. The van der Waals surface area contributed by atoms with Gasteiger partial charge in [-0.3, -0.25) is 9.59 Å². The van der Waals surface area contributed by atoms with Crippen LogP contribution < -0.4 is 4.74 Å². The van der Waals surface area contributed by atoms with Gasteiger partial charge in [-0.2, -0.15) is 5.26 Å². The third-order valence-corrected chi connectivity index (χ3v) is 2.54. The quantitative estimate of drug-likeness (QED) is 0.481. The monoisotopic (exact) mass is 281 g/mol. The molecule has 0 unspecified atom stereocenters. The van der Waals surface area contributed by atoms with E-state index < -0.39 is 0 Å². The lowest BCUT2D eigenvalue weighted by Gasteiger charge is -2.07. The Morgan fingerprint density at radius 3 is 2.75 bits per heavy atom. The van der Waals surface area contributed by atoms with Crippen LogP contribution in [-0.2, 0) is 0 Å². The Bertz CT molecular complexity index is 477. The van der Waals surface area contributed by atoms with Crippen molar-refractivity contribution in [2.75, 3.05) is 12.4 Å². The van der Waals surface area contributed by atoms with Gasteiger partial charge in [-0.15, -0.1) is 0 Å². The smallest absolute Gasteiger partial charge is 0.173 e. The predicted molar refractivity (Wildman–Crippen MR) is 61.2 cm³/mol. The zero-order valence-electron chi connectivity index (χ0n) is 8.49. The molecule has 0 saturated carbocycles. The molecule has 0 aromatic heterocycles. The minimum atomic E-state index is -0.175. The molecule has 0 radical (unpaired) electrons. The lowest BCUT2D eigenvalue weighted by molar-refractivity contribution is 0.102. The number of Topliss-reactive ketones (excluding diaryl/α,β-unsaturated/α-hetero) is 1. The van der Waals surface area contributed by atoms with Crippen molar-refractivity contribution in [3.05, 3.63) is 28.8 Å². The van der Waals surface area contributed by atoms with Gasteiger partial charge in [0.25, 0.3) is 0 Å². The highest BCUT2D eigenvalue weighted by atomic mass is 79.9. The number of hydrogen-bond acceptors (Lipinski definition) is 4. The summed E-state index contributed by atoms with van der Waals surface area (Å²) in [5.41, 5.74) is 0.643. The Balaban J connectivity index is 3.44. The van der Waals surface area contributed by atoms with E-state index in [0.29, 0.717) is 11.8 Å². The minimum absolute atomic E-state index is 0.142. The number of rotatable bonds is 4. The van der Waals surface area contributed by atoms with Crippen LogP contribution >= 0.6 is 15.9 Å². The molecule has 0 fully saturated rings. The molecular formula is C11H8BrNO3. The normalized spacial score (nSPS) is 9.31. The van der Waals surface area contributed by atoms with Crippen molar-refractivity contribution in [2.24, 2.45) is 0 Å². The number of methoxy groups -OCH3 is 1. The van der Waals surface area contributed by atoms with E-state index in [-0.39, 0.29) is 28.0 Å². The number of nitriles is 1. The molecule has 0 atom stereocenters. The van der Waals surface area contributed by atoms with Crippen LogP contribution in [0.4, 0.5) is 0 Å². The van der Waals surface area contributed by atoms with Gasteiger partial charge in [0.2, 0.25) is 0 Å². The maximum absolute atomic E-state index is 11.4. The van der Waals surface area contributed by atoms with Gasteiger partial charge in [0, 0.05) is 11.1 Å². The summed E-state index contributed by atoms with van der Waals surface area (Å²) < 4.78 is 4.97. The average Bonchev–Trinajstić information content (AvgIpc) is 2.35. The first-order valence-corrected chi connectivity index (χ1v) is 5.46. The third-order valence-electron chi connectivity index (χ3n) is 2.03. The molecule has 5 heteroatoms. The summed E-state index contributed by atoms with van der Waals surface area (Å²) in [6.07, 6.45) is 0.534. The molecule has 1 aromatic carbocycles. The largest absolute Gasteiger partial charge is 0.495 e. The summed E-state index contributed by atoms with van der Waals surface area (Å²) in [6, 6.07) is 4.71. The Kier molecular flexibility index (Phi) is 4.20. The van der Waals surface area contributed by atoms with Gasteiger partial charge in [0.15, 0.2) is 12.1 Å². The van der Waals surface area contributed by atoms with Crippen molar-refractivity contribution in [1.82, 2.24) is 0 Å². The second-order valence-corrected chi connectivity index (χ2v) is 3.49. The van der Waals surface area contributed by atoms with Gasteiger partial charge in [0.05, 0.1) is 12.4 Å². The Hall–Kier alpha value is -1.67. The summed E-state index contributed by atoms with van der Waals surface area (Å²) in [6.45, 7) is 0. The molecule has 0 aliphatic carbocycles. The number of carbonyl (C=O) groups is 2. The maximum Gasteiger partial charge on any atom is 0.173 e. The SMILES string of the molecule is COc1cc(C(=O)CBr)cc(C=O)c1C#N. The van der Waals surface area contributed by atoms with Crippen LogP contribution in [0.2, 0.25) is 0 Å². The number of aldehydes is 1. The summed E-state index contributed by atoms with van der Waals surface area (Å²) in [5.74, 6) is 0.0577. The van der Waals surface area contributed by atoms with E-state index in [4.69, 9.17) is 10.00 Å². The van der Waals surface area contributed by atoms with Crippen LogP contribution in [0.3, 0.4) is 0 Å². The molecule has 0 aliphatic rings. The van der Waals surface area contributed by atoms with Gasteiger partial charge >= 0.3 is 0 Å². The first kappa shape index (κ1) is 12.4. The van der Waals surface area contributed by atoms with E-state index in [1.807, 2.05) is 6.07 Å². The molecule has 1 rings (SSSR count). The second-order valence-electron chi connectivity index (χ2n) is 2.93. The number of ether oxygens (including phenoxy) is 1. The predicted octanol–water partition coefficient (Wildman–Crippen LogP) is 1.96. The second kappa shape index (κ2) is 5.42. The zero-order valence-corrected chi connectivity index (χ0v) is 10.1. The summed E-state index contributed by atoms with van der Waals surface area (Å²) >= 11 is 3.04. The lowest BCUT2D eigenvalue weighted by Crippen LogP contribution is -2.04. The van der Waals surface area contributed by atoms with Gasteiger partial charge < -0.3 is 4.74 Å². The van der Waals surface area contributed by atoms with E-state index in [1.165, 1.54) is 19.2 Å². The first-order chi connectivity index (χ1) is 7.67. The van der Waals surface area contributed by atoms with Crippen LogP contribution in [0, 0.1) is 11.3 Å². The topological polar surface area (TPSA) is 67.2 Å². The van der Waals surface area contributed by atoms with Crippen LogP contribution in [0.15, 0.2) is 12.1 Å². The third kappa shape index (κ3) is 2.28. The molecule has 0 aliphatic heterocycles. The highest BCUT2D eigenvalue weighted by Crippen LogP contribution is 2.23. The number of benzene rings is 1. The number of nitrogens with zero attached hydrogens (tertiary/aromatic N) is 1. The van der Waals surface area contributed by atoms with Crippen molar-refractivity contribution in [3.63, 3.8) is 0 Å². The molecule has 0 amide bonds. The summed E-state index contributed by atoms with van der Waals surface area (Å²) in [5, 5.41) is 9.02. The molecule has 16 heavy (non-hydrogen) atoms. The molecule has 0 N–H and O–H groups in total.